The van der Waals surface area contributed by atoms with Gasteiger partial charge in [-0.05, 0) is 29.1 Å². The van der Waals surface area contributed by atoms with Gasteiger partial charge in [0.15, 0.2) is 0 Å². The van der Waals surface area contributed by atoms with Crippen molar-refractivity contribution in [2.24, 2.45) is 0 Å². The Morgan fingerprint density at radius 1 is 1.23 bits per heavy atom. The second-order valence-corrected chi connectivity index (χ2v) is 4.07. The molecular formula is C10H8ClNS. The maximum atomic E-state index is 5.88. The lowest BCUT2D eigenvalue weighted by Crippen LogP contribution is -1.83. The molecule has 3 heteroatoms. The van der Waals surface area contributed by atoms with Crippen LogP contribution in [-0.4, -0.2) is 0 Å². The van der Waals surface area contributed by atoms with Crippen LogP contribution in [0.5, 0.6) is 0 Å². The Labute approximate surface area is 85.8 Å². The van der Waals surface area contributed by atoms with Gasteiger partial charge >= 0.3 is 0 Å². The minimum absolute atomic E-state index is 0.741. The van der Waals surface area contributed by atoms with Crippen LogP contribution in [0.25, 0.3) is 10.4 Å². The number of thiophene rings is 1. The summed E-state index contributed by atoms with van der Waals surface area (Å²) in [6.07, 6.45) is 0. The normalized spacial score (nSPS) is 10.2. The molecule has 0 radical (unpaired) electrons. The third-order valence-electron chi connectivity index (χ3n) is 1.78. The summed E-state index contributed by atoms with van der Waals surface area (Å²) in [5.74, 6) is 0. The molecule has 66 valence electrons. The molecule has 0 aliphatic carbocycles. The molecule has 2 rings (SSSR count). The number of rotatable bonds is 1. The molecule has 0 saturated carbocycles. The van der Waals surface area contributed by atoms with Crippen LogP contribution in [0.1, 0.15) is 0 Å². The first-order valence-electron chi connectivity index (χ1n) is 3.86. The Kier molecular flexibility index (Phi) is 2.25. The highest BCUT2D eigenvalue weighted by Crippen LogP contribution is 2.32. The predicted octanol–water partition coefficient (Wildman–Crippen LogP) is 3.65. The lowest BCUT2D eigenvalue weighted by molar-refractivity contribution is 1.69. The van der Waals surface area contributed by atoms with E-state index < -0.39 is 0 Å². The van der Waals surface area contributed by atoms with E-state index in [0.29, 0.717) is 0 Å². The maximum absolute atomic E-state index is 5.88. The molecule has 0 amide bonds. The molecule has 2 aromatic rings. The molecule has 1 aromatic carbocycles. The van der Waals surface area contributed by atoms with Crippen LogP contribution in [0.3, 0.4) is 0 Å². The van der Waals surface area contributed by atoms with E-state index in [2.05, 4.69) is 0 Å². The van der Waals surface area contributed by atoms with E-state index in [1.807, 2.05) is 35.7 Å². The summed E-state index contributed by atoms with van der Waals surface area (Å²) in [5.41, 5.74) is 7.69. The topological polar surface area (TPSA) is 26.0 Å². The van der Waals surface area contributed by atoms with Gasteiger partial charge in [0.25, 0.3) is 0 Å². The van der Waals surface area contributed by atoms with E-state index in [4.69, 9.17) is 17.3 Å². The van der Waals surface area contributed by atoms with Crippen LogP contribution in [0.2, 0.25) is 5.02 Å². The molecule has 1 aromatic heterocycles. The summed E-state index contributed by atoms with van der Waals surface area (Å²) in [6.45, 7) is 0. The Morgan fingerprint density at radius 2 is 2.08 bits per heavy atom. The Balaban J connectivity index is 2.53. The van der Waals surface area contributed by atoms with E-state index in [1.54, 1.807) is 11.3 Å². The van der Waals surface area contributed by atoms with E-state index >= 15 is 0 Å². The molecule has 13 heavy (non-hydrogen) atoms. The standard InChI is InChI=1S/C10H8ClNS/c11-8-3-1-2-7(6-8)10-9(12)4-5-13-10/h1-6H,12H2. The van der Waals surface area contributed by atoms with Crippen LogP contribution in [0.15, 0.2) is 35.7 Å². The zero-order chi connectivity index (χ0) is 9.26. The predicted molar refractivity (Wildman–Crippen MR) is 59.2 cm³/mol. The number of benzene rings is 1. The molecule has 0 unspecified atom stereocenters. The van der Waals surface area contributed by atoms with Crippen LogP contribution in [0.4, 0.5) is 5.69 Å². The summed E-state index contributed by atoms with van der Waals surface area (Å²) in [6, 6.07) is 9.62. The molecule has 2 N–H and O–H groups in total. The first kappa shape index (κ1) is 8.60. The van der Waals surface area contributed by atoms with Crippen molar-refractivity contribution in [3.8, 4) is 10.4 Å². The minimum Gasteiger partial charge on any atom is -0.398 e. The highest BCUT2D eigenvalue weighted by atomic mass is 35.5. The first-order valence-corrected chi connectivity index (χ1v) is 5.12. The van der Waals surface area contributed by atoms with Gasteiger partial charge in [-0.2, -0.15) is 0 Å². The van der Waals surface area contributed by atoms with Gasteiger partial charge in [0.1, 0.15) is 0 Å². The van der Waals surface area contributed by atoms with Gasteiger partial charge < -0.3 is 5.73 Å². The molecular weight excluding hydrogens is 202 g/mol. The fraction of sp³-hybridized carbons (Fsp3) is 0. The SMILES string of the molecule is Nc1ccsc1-c1cccc(Cl)c1. The van der Waals surface area contributed by atoms with Crippen molar-refractivity contribution in [1.82, 2.24) is 0 Å². The van der Waals surface area contributed by atoms with Crippen LogP contribution in [0, 0.1) is 0 Å². The van der Waals surface area contributed by atoms with Gasteiger partial charge in [0.2, 0.25) is 0 Å². The van der Waals surface area contributed by atoms with Crippen molar-refractivity contribution in [1.29, 1.82) is 0 Å². The lowest BCUT2D eigenvalue weighted by atomic mass is 10.2. The quantitative estimate of drug-likeness (QED) is 0.763. The zero-order valence-corrected chi connectivity index (χ0v) is 8.40. The number of anilines is 1. The van der Waals surface area contributed by atoms with Crippen molar-refractivity contribution in [2.75, 3.05) is 5.73 Å². The Bertz CT molecular complexity index is 422. The molecule has 0 spiro atoms. The van der Waals surface area contributed by atoms with E-state index in [1.165, 1.54) is 0 Å². The summed E-state index contributed by atoms with van der Waals surface area (Å²) in [7, 11) is 0. The van der Waals surface area contributed by atoms with Crippen molar-refractivity contribution in [3.05, 3.63) is 40.7 Å². The van der Waals surface area contributed by atoms with Crippen molar-refractivity contribution in [3.63, 3.8) is 0 Å². The molecule has 0 atom stereocenters. The number of hydrogen-bond donors (Lipinski definition) is 1. The Hall–Kier alpha value is -0.990. The summed E-state index contributed by atoms with van der Waals surface area (Å²) >= 11 is 7.51. The van der Waals surface area contributed by atoms with Crippen LogP contribution in [-0.2, 0) is 0 Å². The smallest absolute Gasteiger partial charge is 0.0572 e. The van der Waals surface area contributed by atoms with Gasteiger partial charge in [-0.3, -0.25) is 0 Å². The minimum atomic E-state index is 0.741. The summed E-state index contributed by atoms with van der Waals surface area (Å²) in [5, 5.41) is 2.72. The molecule has 0 aliphatic rings. The monoisotopic (exact) mass is 209 g/mol. The second kappa shape index (κ2) is 3.40. The number of nitrogens with two attached hydrogens (primary N) is 1. The average molecular weight is 210 g/mol. The molecule has 0 aliphatic heterocycles. The van der Waals surface area contributed by atoms with Crippen molar-refractivity contribution >= 4 is 28.6 Å². The van der Waals surface area contributed by atoms with Crippen molar-refractivity contribution in [2.45, 2.75) is 0 Å². The van der Waals surface area contributed by atoms with Crippen molar-refractivity contribution < 1.29 is 0 Å². The summed E-state index contributed by atoms with van der Waals surface area (Å²) < 4.78 is 0. The molecule has 0 saturated heterocycles. The zero-order valence-electron chi connectivity index (χ0n) is 6.83. The van der Waals surface area contributed by atoms with Gasteiger partial charge in [-0.15, -0.1) is 11.3 Å². The molecule has 0 fully saturated rings. The highest BCUT2D eigenvalue weighted by Gasteiger charge is 2.03. The third kappa shape index (κ3) is 1.69. The van der Waals surface area contributed by atoms with E-state index in [9.17, 15) is 0 Å². The highest BCUT2D eigenvalue weighted by molar-refractivity contribution is 7.14. The average Bonchev–Trinajstić information content (AvgIpc) is 2.51. The van der Waals surface area contributed by atoms with Gasteiger partial charge in [-0.1, -0.05) is 23.7 Å². The third-order valence-corrected chi connectivity index (χ3v) is 3.00. The first-order chi connectivity index (χ1) is 6.27. The number of hydrogen-bond acceptors (Lipinski definition) is 2. The van der Waals surface area contributed by atoms with E-state index in [-0.39, 0.29) is 0 Å². The largest absolute Gasteiger partial charge is 0.398 e. The fourth-order valence-electron chi connectivity index (χ4n) is 1.18. The number of halogens is 1. The van der Waals surface area contributed by atoms with Gasteiger partial charge in [0, 0.05) is 5.02 Å². The lowest BCUT2D eigenvalue weighted by Gasteiger charge is -1.99. The van der Waals surface area contributed by atoms with Crippen LogP contribution < -0.4 is 5.73 Å². The van der Waals surface area contributed by atoms with E-state index in [0.717, 1.165) is 21.2 Å². The maximum Gasteiger partial charge on any atom is 0.0572 e. The fourth-order valence-corrected chi connectivity index (χ4v) is 2.19. The van der Waals surface area contributed by atoms with Crippen LogP contribution >= 0.6 is 22.9 Å². The molecule has 1 nitrogen and oxygen atoms in total. The molecule has 1 heterocycles. The summed E-state index contributed by atoms with van der Waals surface area (Å²) in [4.78, 5) is 1.09. The second-order valence-electron chi connectivity index (χ2n) is 2.72. The Morgan fingerprint density at radius 3 is 2.69 bits per heavy atom. The van der Waals surface area contributed by atoms with Gasteiger partial charge in [-0.25, -0.2) is 0 Å². The number of nitrogen functional groups attached to an aromatic ring is 1. The molecule has 0 bridgehead atoms. The van der Waals surface area contributed by atoms with Gasteiger partial charge in [0.05, 0.1) is 10.6 Å².